The highest BCUT2D eigenvalue weighted by Crippen LogP contribution is 2.76. The molecular weight excluding hydrogens is 837 g/mol. The Bertz CT molecular complexity index is 1760. The lowest BCUT2D eigenvalue weighted by Gasteiger charge is -2.72. The van der Waals surface area contributed by atoms with E-state index in [2.05, 4.69) is 47.6 Å². The zero-order valence-corrected chi connectivity index (χ0v) is 38.7. The van der Waals surface area contributed by atoms with E-state index in [1.54, 1.807) is 0 Å². The summed E-state index contributed by atoms with van der Waals surface area (Å²) in [5.41, 5.74) is 0.0929. The van der Waals surface area contributed by atoms with Crippen molar-refractivity contribution in [3.63, 3.8) is 0 Å². The molecule has 4 saturated carbocycles. The van der Waals surface area contributed by atoms with Gasteiger partial charge in [-0.25, -0.2) is 4.79 Å². The predicted octanol–water partition coefficient (Wildman–Crippen LogP) is 1.34. The molecule has 8 rings (SSSR count). The van der Waals surface area contributed by atoms with E-state index in [0.29, 0.717) is 18.8 Å². The van der Waals surface area contributed by atoms with E-state index in [0.717, 1.165) is 44.9 Å². The number of aliphatic carboxylic acids is 1. The van der Waals surface area contributed by atoms with Gasteiger partial charge in [-0.2, -0.15) is 0 Å². The quantitative estimate of drug-likeness (QED) is 0.122. The average molecular weight is 913 g/mol. The molecule has 64 heavy (non-hydrogen) atoms. The highest BCUT2D eigenvalue weighted by atomic mass is 16.8. The molecule has 0 bridgehead atoms. The molecule has 0 aromatic rings. The molecule has 366 valence electrons. The number of aliphatic hydroxyl groups is 9. The largest absolute Gasteiger partial charge is 0.479 e. The van der Waals surface area contributed by atoms with Crippen LogP contribution in [0.4, 0.5) is 0 Å². The van der Waals surface area contributed by atoms with Crippen LogP contribution in [0.5, 0.6) is 0 Å². The third kappa shape index (κ3) is 7.49. The summed E-state index contributed by atoms with van der Waals surface area (Å²) in [4.78, 5) is 12.4. The van der Waals surface area contributed by atoms with Crippen LogP contribution in [0.15, 0.2) is 11.6 Å². The molecule has 10 N–H and O–H groups in total. The Morgan fingerprint density at radius 2 is 1.38 bits per heavy atom. The number of carboxylic acids is 1. The fourth-order valence-corrected chi connectivity index (χ4v) is 14.8. The molecule has 17 nitrogen and oxygen atoms in total. The van der Waals surface area contributed by atoms with Gasteiger partial charge in [-0.05, 0) is 104 Å². The van der Waals surface area contributed by atoms with Crippen molar-refractivity contribution in [3.8, 4) is 0 Å². The molecule has 2 unspecified atom stereocenters. The summed E-state index contributed by atoms with van der Waals surface area (Å²) in [5, 5.41) is 109. The lowest BCUT2D eigenvalue weighted by atomic mass is 9.33. The summed E-state index contributed by atoms with van der Waals surface area (Å²) in [6.07, 6.45) is -14.5. The van der Waals surface area contributed by atoms with Crippen LogP contribution < -0.4 is 0 Å². The zero-order valence-electron chi connectivity index (χ0n) is 38.7. The highest BCUT2D eigenvalue weighted by molar-refractivity contribution is 5.73. The minimum absolute atomic E-state index is 0.0286. The van der Waals surface area contributed by atoms with Crippen LogP contribution in [0, 0.1) is 50.2 Å². The van der Waals surface area contributed by atoms with Crippen LogP contribution in [0.25, 0.3) is 0 Å². The Hall–Kier alpha value is -1.39. The molecule has 24 atom stereocenters. The van der Waals surface area contributed by atoms with E-state index in [9.17, 15) is 55.9 Å². The number of ether oxygens (including phenoxy) is 6. The van der Waals surface area contributed by atoms with Gasteiger partial charge in [0.05, 0.1) is 31.5 Å². The van der Waals surface area contributed by atoms with E-state index < -0.39 is 110 Å². The van der Waals surface area contributed by atoms with Gasteiger partial charge >= 0.3 is 5.97 Å². The minimum atomic E-state index is -2.01. The third-order valence-corrected chi connectivity index (χ3v) is 19.1. The zero-order chi connectivity index (χ0) is 46.9. The first-order valence-corrected chi connectivity index (χ1v) is 23.7. The summed E-state index contributed by atoms with van der Waals surface area (Å²) < 4.78 is 36.1. The van der Waals surface area contributed by atoms with E-state index in [1.165, 1.54) is 12.5 Å². The Balaban J connectivity index is 1.06. The Labute approximate surface area is 376 Å². The number of aliphatic hydroxyl groups excluding tert-OH is 9. The normalized spacial score (nSPS) is 56.1. The van der Waals surface area contributed by atoms with Crippen LogP contribution in [-0.2, 0) is 33.2 Å². The van der Waals surface area contributed by atoms with Gasteiger partial charge < -0.3 is 79.5 Å². The first kappa shape index (κ1) is 49.0. The van der Waals surface area contributed by atoms with Crippen molar-refractivity contribution in [2.75, 3.05) is 13.2 Å². The maximum absolute atomic E-state index is 12.4. The lowest BCUT2D eigenvalue weighted by Crippen LogP contribution is -2.68. The van der Waals surface area contributed by atoms with Gasteiger partial charge in [0.25, 0.3) is 0 Å². The number of fused-ring (bicyclic) bond motifs is 7. The number of carbonyl (C=O) groups is 1. The maximum Gasteiger partial charge on any atom is 0.335 e. The van der Waals surface area contributed by atoms with E-state index in [4.69, 9.17) is 28.4 Å². The number of rotatable bonds is 8. The topological polar surface area (TPSA) is 275 Å². The summed E-state index contributed by atoms with van der Waals surface area (Å²) in [6, 6.07) is 0. The van der Waals surface area contributed by atoms with E-state index in [1.807, 2.05) is 6.92 Å². The van der Waals surface area contributed by atoms with Crippen LogP contribution in [0.1, 0.15) is 113 Å². The van der Waals surface area contributed by atoms with Crippen LogP contribution in [0.2, 0.25) is 0 Å². The molecule has 0 aromatic heterocycles. The highest BCUT2D eigenvalue weighted by Gasteiger charge is 2.70. The molecule has 0 radical (unpaired) electrons. The van der Waals surface area contributed by atoms with Gasteiger partial charge in [0.1, 0.15) is 54.9 Å². The van der Waals surface area contributed by atoms with Crippen molar-refractivity contribution in [1.82, 2.24) is 0 Å². The summed E-state index contributed by atoms with van der Waals surface area (Å²) in [7, 11) is 0. The van der Waals surface area contributed by atoms with E-state index >= 15 is 0 Å². The molecular formula is C47H76O17. The molecule has 7 fully saturated rings. The Kier molecular flexibility index (Phi) is 13.0. The smallest absolute Gasteiger partial charge is 0.335 e. The van der Waals surface area contributed by atoms with Crippen molar-refractivity contribution in [2.45, 2.75) is 211 Å². The number of allylic oxidation sites excluding steroid dienone is 2. The molecule has 8 aliphatic rings. The van der Waals surface area contributed by atoms with Crippen LogP contribution in [-0.4, -0.2) is 168 Å². The number of hydrogen-bond donors (Lipinski definition) is 10. The third-order valence-electron chi connectivity index (χ3n) is 19.1. The standard InChI is InChI=1S/C47H76O17/c1-21-29(51)31(53)34(56)39(60-21)63-36-30(52)24(49)19-59-40(36)64-37-33(55)32(54)35(38(57)58)62-41(37)61-28-12-13-44(5)25(45(28,6)20-48)11-14-47(8)26(44)10-9-22-23-17-42(2,3)18-27(50)43(23,4)15-16-46(22,47)7/h9,21,23-37,39-41,48-56H,10-20H2,1-8H3,(H,57,58)/t21-,23?,24-,25?,26+,27+,28-,29-,30-,31+,32-,33-,34+,35-,36+,37+,39-,40-,41+,43+,44-,45+,46+,47+/m0/s1. The second-order valence-corrected chi connectivity index (χ2v) is 23.2. The van der Waals surface area contributed by atoms with E-state index in [-0.39, 0.29) is 51.6 Å². The molecule has 3 aliphatic heterocycles. The predicted molar refractivity (Wildman–Crippen MR) is 225 cm³/mol. The summed E-state index contributed by atoms with van der Waals surface area (Å²) in [5.74, 6) is -1.05. The van der Waals surface area contributed by atoms with Gasteiger partial charge in [-0.1, -0.05) is 60.1 Å². The Morgan fingerprint density at radius 3 is 2.05 bits per heavy atom. The van der Waals surface area contributed by atoms with Gasteiger partial charge in [0, 0.05) is 10.8 Å². The fourth-order valence-electron chi connectivity index (χ4n) is 14.8. The SMILES string of the molecule is C[C@@H]1O[C@@H](O[C@H]2[C@H](O[C@H]3[C@H](O[C@H]4CC[C@@]5(C)C(CC[C@]6(C)[C@@H]5CC=C5C7CC(C)(C)C[C@@H](O)[C@]7(C)CC[C@]56C)[C@@]4(C)CO)O[C@H](C(=O)O)[C@@H](O)[C@@H]3O)OC[C@H](O)[C@@H]2O)[C@H](O)[C@H](O)[C@H]1O. The van der Waals surface area contributed by atoms with Gasteiger partial charge in [0.2, 0.25) is 0 Å². The average Bonchev–Trinajstić information content (AvgIpc) is 3.22. The maximum atomic E-state index is 12.4. The monoisotopic (exact) mass is 913 g/mol. The summed E-state index contributed by atoms with van der Waals surface area (Å²) in [6.45, 7) is 16.8. The number of carboxylic acid groups (broad SMARTS) is 1. The molecule has 0 aromatic carbocycles. The minimum Gasteiger partial charge on any atom is -0.479 e. The van der Waals surface area contributed by atoms with Crippen LogP contribution >= 0.6 is 0 Å². The van der Waals surface area contributed by atoms with Crippen molar-refractivity contribution in [3.05, 3.63) is 11.6 Å². The Morgan fingerprint density at radius 1 is 0.703 bits per heavy atom. The van der Waals surface area contributed by atoms with Crippen molar-refractivity contribution < 1.29 is 84.3 Å². The second-order valence-electron chi connectivity index (χ2n) is 23.2. The summed E-state index contributed by atoms with van der Waals surface area (Å²) >= 11 is 0. The molecule has 3 heterocycles. The van der Waals surface area contributed by atoms with Crippen molar-refractivity contribution in [2.24, 2.45) is 50.2 Å². The molecule has 5 aliphatic carbocycles. The fraction of sp³-hybridized carbons (Fsp3) is 0.936. The molecule has 3 saturated heterocycles. The van der Waals surface area contributed by atoms with Crippen LogP contribution in [0.3, 0.4) is 0 Å². The molecule has 17 heteroatoms. The van der Waals surface area contributed by atoms with Crippen molar-refractivity contribution >= 4 is 5.97 Å². The van der Waals surface area contributed by atoms with Gasteiger partial charge in [0.15, 0.2) is 25.0 Å². The van der Waals surface area contributed by atoms with Crippen molar-refractivity contribution in [1.29, 1.82) is 0 Å². The van der Waals surface area contributed by atoms with Gasteiger partial charge in [-0.3, -0.25) is 0 Å². The number of hydrogen-bond acceptors (Lipinski definition) is 16. The molecule has 0 spiro atoms. The first-order valence-electron chi connectivity index (χ1n) is 23.7. The second kappa shape index (κ2) is 16.9. The van der Waals surface area contributed by atoms with Gasteiger partial charge in [-0.15, -0.1) is 0 Å². The molecule has 0 amide bonds. The first-order chi connectivity index (χ1) is 29.8. The lowest BCUT2D eigenvalue weighted by molar-refractivity contribution is -0.387.